The van der Waals surface area contributed by atoms with Crippen molar-refractivity contribution >= 4 is 24.0 Å². The summed E-state index contributed by atoms with van der Waals surface area (Å²) in [5, 5.41) is 0. The van der Waals surface area contributed by atoms with E-state index in [1.807, 2.05) is 24.3 Å². The van der Waals surface area contributed by atoms with Crippen LogP contribution in [0.2, 0.25) is 0 Å². The number of carbonyl (C=O) groups is 1. The second-order valence-electron chi connectivity index (χ2n) is 6.60. The molecule has 1 amide bonds. The Morgan fingerprint density at radius 1 is 0.806 bits per heavy atom. The highest BCUT2D eigenvalue weighted by atomic mass is 35.5. The summed E-state index contributed by atoms with van der Waals surface area (Å²) >= 11 is 0. The van der Waals surface area contributed by atoms with Crippen molar-refractivity contribution in [2.75, 3.05) is 59.5 Å². The molecular formula is C23H33ClN2O5. The first-order valence-electron chi connectivity index (χ1n) is 10.0. The number of hydrogen-bond donors (Lipinski definition) is 0. The lowest BCUT2D eigenvalue weighted by Gasteiger charge is -2.27. The molecule has 0 aliphatic heterocycles. The van der Waals surface area contributed by atoms with Crippen LogP contribution in [0.25, 0.3) is 0 Å². The second kappa shape index (κ2) is 12.9. The van der Waals surface area contributed by atoms with Crippen LogP contribution in [0.3, 0.4) is 0 Å². The first kappa shape index (κ1) is 26.4. The Labute approximate surface area is 191 Å². The summed E-state index contributed by atoms with van der Waals surface area (Å²) in [6.07, 6.45) is 0. The van der Waals surface area contributed by atoms with Gasteiger partial charge >= 0.3 is 0 Å². The SMILES string of the molecule is CCN(CC)CCN(C(=O)c1cc(OC)c(OC)c(OC)c1)c1ccc(OC)cc1.Cl. The van der Waals surface area contributed by atoms with Crippen LogP contribution in [0.1, 0.15) is 24.2 Å². The number of carbonyl (C=O) groups excluding carboxylic acids is 1. The van der Waals surface area contributed by atoms with Crippen LogP contribution in [0.4, 0.5) is 5.69 Å². The van der Waals surface area contributed by atoms with Crippen LogP contribution in [-0.4, -0.2) is 65.4 Å². The third kappa shape index (κ3) is 6.42. The minimum Gasteiger partial charge on any atom is -0.497 e. The maximum Gasteiger partial charge on any atom is 0.258 e. The molecule has 172 valence electrons. The van der Waals surface area contributed by atoms with Gasteiger partial charge < -0.3 is 28.7 Å². The number of methoxy groups -OCH3 is 4. The molecule has 0 saturated heterocycles. The molecule has 0 N–H and O–H groups in total. The molecule has 0 bridgehead atoms. The van der Waals surface area contributed by atoms with Gasteiger partial charge in [-0.1, -0.05) is 13.8 Å². The van der Waals surface area contributed by atoms with Gasteiger partial charge in [-0.05, 0) is 49.5 Å². The van der Waals surface area contributed by atoms with Gasteiger partial charge in [0.05, 0.1) is 28.4 Å². The van der Waals surface area contributed by atoms with Gasteiger partial charge in [-0.15, -0.1) is 12.4 Å². The van der Waals surface area contributed by atoms with Crippen molar-refractivity contribution in [3.63, 3.8) is 0 Å². The van der Waals surface area contributed by atoms with Crippen molar-refractivity contribution in [2.24, 2.45) is 0 Å². The first-order valence-corrected chi connectivity index (χ1v) is 10.0. The normalized spacial score (nSPS) is 10.3. The Balaban J connectivity index is 0.00000480. The monoisotopic (exact) mass is 452 g/mol. The summed E-state index contributed by atoms with van der Waals surface area (Å²) in [6.45, 7) is 7.37. The summed E-state index contributed by atoms with van der Waals surface area (Å²) in [4.78, 5) is 17.6. The smallest absolute Gasteiger partial charge is 0.258 e. The van der Waals surface area contributed by atoms with E-state index >= 15 is 0 Å². The standard InChI is InChI=1S/C23H32N2O5.ClH/c1-7-24(8-2)13-14-25(18-9-11-19(27-3)12-10-18)23(26)17-15-20(28-4)22(30-6)21(16-17)29-5;/h9-12,15-16H,7-8,13-14H2,1-6H3;1H. The molecule has 2 aromatic carbocycles. The first-order chi connectivity index (χ1) is 14.5. The van der Waals surface area contributed by atoms with E-state index in [4.69, 9.17) is 18.9 Å². The van der Waals surface area contributed by atoms with Gasteiger partial charge in [0.25, 0.3) is 5.91 Å². The summed E-state index contributed by atoms with van der Waals surface area (Å²) in [5.41, 5.74) is 1.25. The van der Waals surface area contributed by atoms with E-state index in [0.29, 0.717) is 29.4 Å². The predicted octanol–water partition coefficient (Wildman–Crippen LogP) is 4.13. The summed E-state index contributed by atoms with van der Waals surface area (Å²) in [7, 11) is 6.23. The van der Waals surface area contributed by atoms with Crippen LogP contribution < -0.4 is 23.8 Å². The molecule has 0 heterocycles. The van der Waals surface area contributed by atoms with E-state index < -0.39 is 0 Å². The molecule has 0 spiro atoms. The Kier molecular flexibility index (Phi) is 11.0. The molecule has 0 aromatic heterocycles. The number of benzene rings is 2. The summed E-state index contributed by atoms with van der Waals surface area (Å²) in [6, 6.07) is 10.8. The van der Waals surface area contributed by atoms with Gasteiger partial charge in [0.2, 0.25) is 5.75 Å². The number of anilines is 1. The number of amides is 1. The third-order valence-corrected chi connectivity index (χ3v) is 5.08. The Morgan fingerprint density at radius 3 is 1.77 bits per heavy atom. The number of likely N-dealkylation sites (N-methyl/N-ethyl adjacent to an activating group) is 1. The van der Waals surface area contributed by atoms with Crippen molar-refractivity contribution < 1.29 is 23.7 Å². The molecule has 8 heteroatoms. The fourth-order valence-electron chi connectivity index (χ4n) is 3.25. The molecule has 7 nitrogen and oxygen atoms in total. The molecule has 0 saturated carbocycles. The molecule has 0 aliphatic carbocycles. The maximum absolute atomic E-state index is 13.5. The average Bonchev–Trinajstić information content (AvgIpc) is 2.80. The molecule has 0 fully saturated rings. The van der Waals surface area contributed by atoms with Crippen LogP contribution in [0.5, 0.6) is 23.0 Å². The lowest BCUT2D eigenvalue weighted by atomic mass is 10.1. The Bertz CT molecular complexity index is 800. The zero-order valence-corrected chi connectivity index (χ0v) is 20.0. The third-order valence-electron chi connectivity index (χ3n) is 5.08. The molecule has 2 rings (SSSR count). The largest absolute Gasteiger partial charge is 0.497 e. The van der Waals surface area contributed by atoms with Gasteiger partial charge in [-0.2, -0.15) is 0 Å². The van der Waals surface area contributed by atoms with E-state index in [-0.39, 0.29) is 18.3 Å². The van der Waals surface area contributed by atoms with Crippen molar-refractivity contribution in [1.82, 2.24) is 4.90 Å². The van der Waals surface area contributed by atoms with Gasteiger partial charge in [0, 0.05) is 24.3 Å². The molecule has 0 unspecified atom stereocenters. The quantitative estimate of drug-likeness (QED) is 0.511. The zero-order valence-electron chi connectivity index (χ0n) is 19.1. The number of rotatable bonds is 11. The second-order valence-corrected chi connectivity index (χ2v) is 6.60. The number of hydrogen-bond acceptors (Lipinski definition) is 6. The van der Waals surface area contributed by atoms with Crippen LogP contribution in [-0.2, 0) is 0 Å². The highest BCUT2D eigenvalue weighted by Crippen LogP contribution is 2.38. The van der Waals surface area contributed by atoms with E-state index in [1.165, 1.54) is 21.3 Å². The van der Waals surface area contributed by atoms with Crippen LogP contribution in [0, 0.1) is 0 Å². The van der Waals surface area contributed by atoms with Crippen LogP contribution in [0.15, 0.2) is 36.4 Å². The topological polar surface area (TPSA) is 60.5 Å². The molecular weight excluding hydrogens is 420 g/mol. The van der Waals surface area contributed by atoms with E-state index in [0.717, 1.165) is 31.1 Å². The average molecular weight is 453 g/mol. The number of ether oxygens (including phenoxy) is 4. The maximum atomic E-state index is 13.5. The molecule has 0 radical (unpaired) electrons. The van der Waals surface area contributed by atoms with Crippen molar-refractivity contribution in [3.8, 4) is 23.0 Å². The van der Waals surface area contributed by atoms with Gasteiger partial charge in [-0.25, -0.2) is 0 Å². The van der Waals surface area contributed by atoms with E-state index in [2.05, 4.69) is 18.7 Å². The minimum atomic E-state index is -0.147. The fourth-order valence-corrected chi connectivity index (χ4v) is 3.25. The minimum absolute atomic E-state index is 0. The highest BCUT2D eigenvalue weighted by Gasteiger charge is 2.23. The van der Waals surface area contributed by atoms with E-state index in [1.54, 1.807) is 24.1 Å². The Morgan fingerprint density at radius 2 is 1.35 bits per heavy atom. The number of nitrogens with zero attached hydrogens (tertiary/aromatic N) is 2. The number of halogens is 1. The molecule has 2 aromatic rings. The van der Waals surface area contributed by atoms with Gasteiger partial charge in [0.1, 0.15) is 5.75 Å². The summed E-state index contributed by atoms with van der Waals surface area (Å²) < 4.78 is 21.5. The predicted molar refractivity (Wildman–Crippen MR) is 126 cm³/mol. The lowest BCUT2D eigenvalue weighted by molar-refractivity contribution is 0.0983. The van der Waals surface area contributed by atoms with Gasteiger partial charge in [-0.3, -0.25) is 4.79 Å². The van der Waals surface area contributed by atoms with Crippen LogP contribution >= 0.6 is 12.4 Å². The highest BCUT2D eigenvalue weighted by molar-refractivity contribution is 6.07. The Hall–Kier alpha value is -2.64. The van der Waals surface area contributed by atoms with E-state index in [9.17, 15) is 4.79 Å². The van der Waals surface area contributed by atoms with Crippen molar-refractivity contribution in [1.29, 1.82) is 0 Å². The molecule has 0 aliphatic rings. The lowest BCUT2D eigenvalue weighted by Crippen LogP contribution is -2.39. The fraction of sp³-hybridized carbons (Fsp3) is 0.435. The molecule has 0 atom stereocenters. The van der Waals surface area contributed by atoms with Gasteiger partial charge in [0.15, 0.2) is 11.5 Å². The van der Waals surface area contributed by atoms with Crippen molar-refractivity contribution in [3.05, 3.63) is 42.0 Å². The molecule has 31 heavy (non-hydrogen) atoms. The summed E-state index contributed by atoms with van der Waals surface area (Å²) in [5.74, 6) is 1.93. The van der Waals surface area contributed by atoms with Crippen molar-refractivity contribution in [2.45, 2.75) is 13.8 Å². The zero-order chi connectivity index (χ0) is 22.1.